The molecule has 0 aromatic heterocycles. The van der Waals surface area contributed by atoms with Gasteiger partial charge in [0.1, 0.15) is 0 Å². The van der Waals surface area contributed by atoms with Crippen molar-refractivity contribution in [1.29, 1.82) is 0 Å². The molecule has 0 atom stereocenters. The van der Waals surface area contributed by atoms with E-state index in [0.717, 1.165) is 0 Å². The largest absolute Gasteiger partial charge is 0.369 e. The second-order valence-corrected chi connectivity index (χ2v) is 7.80. The maximum absolute atomic E-state index is 10.9. The Morgan fingerprint density at radius 1 is 1.07 bits per heavy atom. The SMILES string of the molecule is CC(C)CCC(O)(P(=O)(O)O)P(=O)(O)O. The fourth-order valence-electron chi connectivity index (χ4n) is 0.943. The maximum atomic E-state index is 10.9. The van der Waals surface area contributed by atoms with Crippen molar-refractivity contribution in [2.24, 2.45) is 5.92 Å². The average molecular weight is 262 g/mol. The van der Waals surface area contributed by atoms with E-state index in [1.54, 1.807) is 13.8 Å². The second-order valence-electron chi connectivity index (χ2n) is 3.79. The lowest BCUT2D eigenvalue weighted by atomic mass is 10.1. The fourth-order valence-corrected chi connectivity index (χ4v) is 3.14. The quantitative estimate of drug-likeness (QED) is 0.453. The first-order valence-corrected chi connectivity index (χ1v) is 7.48. The van der Waals surface area contributed by atoms with E-state index in [1.165, 1.54) is 0 Å². The second kappa shape index (κ2) is 4.63. The van der Waals surface area contributed by atoms with Gasteiger partial charge in [0.15, 0.2) is 0 Å². The summed E-state index contributed by atoms with van der Waals surface area (Å²) in [5.74, 6) is -0.0328. The lowest BCUT2D eigenvalue weighted by molar-refractivity contribution is 0.117. The molecule has 0 bridgehead atoms. The first-order valence-electron chi connectivity index (χ1n) is 4.25. The van der Waals surface area contributed by atoms with Crippen LogP contribution in [0, 0.1) is 5.92 Å². The minimum Gasteiger partial charge on any atom is -0.368 e. The highest BCUT2D eigenvalue weighted by Crippen LogP contribution is 2.69. The Labute approximate surface area is 87.5 Å². The highest BCUT2D eigenvalue weighted by atomic mass is 31.2. The van der Waals surface area contributed by atoms with Crippen molar-refractivity contribution < 1.29 is 33.8 Å². The summed E-state index contributed by atoms with van der Waals surface area (Å²) in [5.41, 5.74) is 0. The average Bonchev–Trinajstić information content (AvgIpc) is 1.95. The molecule has 7 nitrogen and oxygen atoms in total. The highest BCUT2D eigenvalue weighted by molar-refractivity contribution is 7.72. The summed E-state index contributed by atoms with van der Waals surface area (Å²) in [4.78, 5) is 35.0. The number of hydrogen-bond acceptors (Lipinski definition) is 3. The Morgan fingerprint density at radius 3 is 1.60 bits per heavy atom. The summed E-state index contributed by atoms with van der Waals surface area (Å²) in [5, 5.41) is 6.15. The Morgan fingerprint density at radius 2 is 1.40 bits per heavy atom. The van der Waals surface area contributed by atoms with Crippen LogP contribution in [0.1, 0.15) is 26.7 Å². The zero-order chi connectivity index (χ0) is 12.5. The Kier molecular flexibility index (Phi) is 4.71. The van der Waals surface area contributed by atoms with Gasteiger partial charge >= 0.3 is 15.2 Å². The van der Waals surface area contributed by atoms with Gasteiger partial charge in [-0.1, -0.05) is 13.8 Å². The van der Waals surface area contributed by atoms with Crippen LogP contribution in [0.15, 0.2) is 0 Å². The maximum Gasteiger partial charge on any atom is 0.369 e. The molecule has 0 aromatic rings. The molecule has 9 heteroatoms. The van der Waals surface area contributed by atoms with E-state index >= 15 is 0 Å². The van der Waals surface area contributed by atoms with Gasteiger partial charge in [-0.25, -0.2) is 0 Å². The molecule has 0 saturated heterocycles. The zero-order valence-corrected chi connectivity index (χ0v) is 10.2. The van der Waals surface area contributed by atoms with Crippen LogP contribution in [0.25, 0.3) is 0 Å². The molecule has 0 unspecified atom stereocenters. The molecule has 0 rings (SSSR count). The smallest absolute Gasteiger partial charge is 0.368 e. The molecule has 0 amide bonds. The molecule has 15 heavy (non-hydrogen) atoms. The van der Waals surface area contributed by atoms with Crippen LogP contribution in [0.5, 0.6) is 0 Å². The molecule has 5 N–H and O–H groups in total. The molecule has 0 heterocycles. The minimum absolute atomic E-state index is 0.0328. The van der Waals surface area contributed by atoms with Crippen LogP contribution in [-0.2, 0) is 9.13 Å². The third kappa shape index (κ3) is 3.64. The summed E-state index contributed by atoms with van der Waals surface area (Å²) in [6.45, 7) is 3.42. The van der Waals surface area contributed by atoms with Crippen molar-refractivity contribution in [3.63, 3.8) is 0 Å². The van der Waals surface area contributed by atoms with E-state index < -0.39 is 26.7 Å². The number of rotatable bonds is 5. The molecular formula is C6H16O7P2. The van der Waals surface area contributed by atoms with E-state index in [-0.39, 0.29) is 12.3 Å². The summed E-state index contributed by atoms with van der Waals surface area (Å²) in [6.07, 6.45) is -0.536. The van der Waals surface area contributed by atoms with Crippen LogP contribution < -0.4 is 0 Å². The molecular weight excluding hydrogens is 246 g/mol. The normalized spacial score (nSPS) is 14.7. The van der Waals surface area contributed by atoms with Gasteiger partial charge in [-0.15, -0.1) is 0 Å². The van der Waals surface area contributed by atoms with Gasteiger partial charge in [-0.2, -0.15) is 0 Å². The summed E-state index contributed by atoms with van der Waals surface area (Å²) in [6, 6.07) is 0. The van der Waals surface area contributed by atoms with Gasteiger partial charge < -0.3 is 24.7 Å². The van der Waals surface area contributed by atoms with Crippen LogP contribution in [0.2, 0.25) is 0 Å². The standard InChI is InChI=1S/C6H16O7P2/c1-5(2)3-4-6(7,14(8,9)10)15(11,12)13/h5,7H,3-4H2,1-2H3,(H2,8,9,10)(H2,11,12,13). The van der Waals surface area contributed by atoms with Crippen molar-refractivity contribution in [2.75, 3.05) is 0 Å². The highest BCUT2D eigenvalue weighted by Gasteiger charge is 2.58. The van der Waals surface area contributed by atoms with E-state index in [0.29, 0.717) is 0 Å². The summed E-state index contributed by atoms with van der Waals surface area (Å²) in [7, 11) is -10.5. The lowest BCUT2D eigenvalue weighted by Gasteiger charge is -2.29. The molecule has 0 fully saturated rings. The first kappa shape index (κ1) is 15.3. The molecule has 0 aliphatic rings. The van der Waals surface area contributed by atoms with Gasteiger partial charge in [0, 0.05) is 6.42 Å². The zero-order valence-electron chi connectivity index (χ0n) is 8.44. The van der Waals surface area contributed by atoms with Crippen LogP contribution in [0.3, 0.4) is 0 Å². The van der Waals surface area contributed by atoms with Gasteiger partial charge in [0.25, 0.3) is 5.08 Å². The van der Waals surface area contributed by atoms with Crippen LogP contribution in [0.4, 0.5) is 0 Å². The third-order valence-electron chi connectivity index (χ3n) is 1.99. The topological polar surface area (TPSA) is 135 Å². The van der Waals surface area contributed by atoms with Gasteiger partial charge in [-0.05, 0) is 12.3 Å². The molecule has 0 radical (unpaired) electrons. The van der Waals surface area contributed by atoms with Crippen LogP contribution >= 0.6 is 15.2 Å². The third-order valence-corrected chi connectivity index (χ3v) is 5.87. The van der Waals surface area contributed by atoms with Gasteiger partial charge in [-0.3, -0.25) is 9.13 Å². The Balaban J connectivity index is 5.08. The van der Waals surface area contributed by atoms with E-state index in [4.69, 9.17) is 19.6 Å². The molecule has 0 aliphatic carbocycles. The molecule has 92 valence electrons. The molecule has 0 aromatic carbocycles. The van der Waals surface area contributed by atoms with Crippen molar-refractivity contribution in [2.45, 2.75) is 31.8 Å². The monoisotopic (exact) mass is 262 g/mol. The van der Waals surface area contributed by atoms with Gasteiger partial charge in [0.2, 0.25) is 0 Å². The van der Waals surface area contributed by atoms with Crippen LogP contribution in [-0.4, -0.2) is 29.8 Å². The molecule has 0 spiro atoms. The predicted molar refractivity (Wildman–Crippen MR) is 53.1 cm³/mol. The lowest BCUT2D eigenvalue weighted by Crippen LogP contribution is -2.29. The summed E-state index contributed by atoms with van der Waals surface area (Å²) < 4.78 is 21.7. The van der Waals surface area contributed by atoms with Crippen molar-refractivity contribution in [3.8, 4) is 0 Å². The van der Waals surface area contributed by atoms with E-state index in [1.807, 2.05) is 0 Å². The fraction of sp³-hybridized carbons (Fsp3) is 1.00. The first-order chi connectivity index (χ1) is 6.42. The number of aliphatic hydroxyl groups is 1. The van der Waals surface area contributed by atoms with E-state index in [9.17, 15) is 14.2 Å². The molecule has 0 aliphatic heterocycles. The van der Waals surface area contributed by atoms with Crippen molar-refractivity contribution in [3.05, 3.63) is 0 Å². The molecule has 0 saturated carbocycles. The predicted octanol–water partition coefficient (Wildman–Crippen LogP) is 0.424. The summed E-state index contributed by atoms with van der Waals surface area (Å²) >= 11 is 0. The number of hydrogen-bond donors (Lipinski definition) is 5. The minimum atomic E-state index is -5.27. The van der Waals surface area contributed by atoms with E-state index in [2.05, 4.69) is 0 Å². The van der Waals surface area contributed by atoms with Crippen molar-refractivity contribution >= 4 is 15.2 Å². The van der Waals surface area contributed by atoms with Crippen molar-refractivity contribution in [1.82, 2.24) is 0 Å². The Hall–Kier alpha value is 0.260. The Bertz CT molecular complexity index is 279. The van der Waals surface area contributed by atoms with Gasteiger partial charge in [0.05, 0.1) is 0 Å².